The first-order valence-corrected chi connectivity index (χ1v) is 26.4. The number of unbranched alkanes of at least 4 members (excludes halogenated alkanes) is 19. The lowest BCUT2D eigenvalue weighted by Crippen LogP contribution is -2.45. The fourth-order valence-corrected chi connectivity index (χ4v) is 7.37. The van der Waals surface area contributed by atoms with E-state index in [0.29, 0.717) is 17.4 Å². The Hall–Kier alpha value is -2.32. The van der Waals surface area contributed by atoms with Crippen LogP contribution in [-0.4, -0.2) is 68.5 Å². The summed E-state index contributed by atoms with van der Waals surface area (Å²) in [5.74, 6) is -0.223. The Morgan fingerprint density at radius 3 is 1.50 bits per heavy atom. The number of rotatable bonds is 44. The van der Waals surface area contributed by atoms with Gasteiger partial charge in [-0.15, -0.1) is 0 Å². The van der Waals surface area contributed by atoms with Crippen LogP contribution in [0.5, 0.6) is 0 Å². The zero-order valence-electron chi connectivity index (χ0n) is 40.5. The van der Waals surface area contributed by atoms with Crippen LogP contribution in [0.4, 0.5) is 0 Å². The number of phosphoric acid groups is 1. The van der Waals surface area contributed by atoms with Gasteiger partial charge < -0.3 is 28.8 Å². The number of carbonyl (C=O) groups is 1. The molecule has 0 heterocycles. The molecule has 9 heteroatoms. The summed E-state index contributed by atoms with van der Waals surface area (Å²) >= 11 is 0. The maximum absolute atomic E-state index is 12.9. The molecule has 62 heavy (non-hydrogen) atoms. The van der Waals surface area contributed by atoms with Crippen molar-refractivity contribution < 1.29 is 32.9 Å². The monoisotopic (exact) mass is 887 g/mol. The zero-order valence-corrected chi connectivity index (χ0v) is 41.4. The van der Waals surface area contributed by atoms with Crippen LogP contribution in [0.1, 0.15) is 194 Å². The predicted molar refractivity (Wildman–Crippen MR) is 265 cm³/mol. The summed E-state index contributed by atoms with van der Waals surface area (Å²) in [6.45, 7) is 4.49. The van der Waals surface area contributed by atoms with Crippen LogP contribution in [0.3, 0.4) is 0 Å². The van der Waals surface area contributed by atoms with Gasteiger partial charge in [0.25, 0.3) is 7.82 Å². The maximum Gasteiger partial charge on any atom is 0.268 e. The van der Waals surface area contributed by atoms with Crippen molar-refractivity contribution in [1.29, 1.82) is 0 Å². The lowest BCUT2D eigenvalue weighted by molar-refractivity contribution is -0.870. The molecule has 358 valence electrons. The number of phosphoric ester groups is 1. The van der Waals surface area contributed by atoms with Gasteiger partial charge in [-0.05, 0) is 83.5 Å². The van der Waals surface area contributed by atoms with Gasteiger partial charge in [-0.1, -0.05) is 189 Å². The lowest BCUT2D eigenvalue weighted by Gasteiger charge is -2.29. The molecule has 3 unspecified atom stereocenters. The van der Waals surface area contributed by atoms with E-state index in [1.807, 2.05) is 27.2 Å². The number of aliphatic hydroxyl groups is 1. The summed E-state index contributed by atoms with van der Waals surface area (Å²) < 4.78 is 23.2. The van der Waals surface area contributed by atoms with Gasteiger partial charge in [-0.2, -0.15) is 0 Å². The van der Waals surface area contributed by atoms with E-state index in [9.17, 15) is 19.4 Å². The first-order valence-electron chi connectivity index (χ1n) is 24.9. The number of quaternary nitrogens is 1. The first-order chi connectivity index (χ1) is 30.0. The largest absolute Gasteiger partial charge is 0.756 e. The number of allylic oxidation sites excluding steroid dienone is 13. The van der Waals surface area contributed by atoms with Crippen LogP contribution in [0.15, 0.2) is 85.1 Å². The minimum Gasteiger partial charge on any atom is -0.756 e. The summed E-state index contributed by atoms with van der Waals surface area (Å²) in [5, 5.41) is 13.8. The topological polar surface area (TPSA) is 108 Å². The lowest BCUT2D eigenvalue weighted by atomic mass is 10.1. The first kappa shape index (κ1) is 59.7. The average molecular weight is 887 g/mol. The fraction of sp³-hybridized carbons (Fsp3) is 0.717. The number of nitrogens with one attached hydrogen (secondary N) is 1. The van der Waals surface area contributed by atoms with Crippen LogP contribution in [0.2, 0.25) is 0 Å². The molecule has 0 aromatic heterocycles. The van der Waals surface area contributed by atoms with Crippen LogP contribution >= 0.6 is 7.82 Å². The summed E-state index contributed by atoms with van der Waals surface area (Å²) in [6, 6.07) is -0.919. The molecule has 1 amide bonds. The fourth-order valence-electron chi connectivity index (χ4n) is 6.64. The van der Waals surface area contributed by atoms with Crippen molar-refractivity contribution >= 4 is 13.7 Å². The molecule has 0 saturated carbocycles. The van der Waals surface area contributed by atoms with Gasteiger partial charge in [0.2, 0.25) is 5.91 Å². The molecule has 8 nitrogen and oxygen atoms in total. The van der Waals surface area contributed by atoms with E-state index in [-0.39, 0.29) is 12.5 Å². The standard InChI is InChI=1S/C53H95N2O6P/c1-6-8-10-12-14-16-18-20-22-24-26-27-29-31-33-35-37-39-41-43-45-47-53(57)54-51(50-61-62(58,59)60-49-48-55(3,4)5)52(56)46-44-42-40-38-36-34-32-30-28-25-23-21-19-17-15-13-11-9-7-2/h8,10,14,16,20,22,26-28,30,36,38,44,46,51-52,56H,6-7,9,11-13,15,17-19,21,23-25,29,31-35,37,39-43,45,47-50H2,1-5H3,(H-,54,57,58,59)/b10-8-,16-14-,22-20-,27-26-,30-28+,38-36+,46-44+. The van der Waals surface area contributed by atoms with Crippen LogP contribution in [0, 0.1) is 0 Å². The molecule has 0 aromatic carbocycles. The van der Waals surface area contributed by atoms with Crippen molar-refractivity contribution in [3.8, 4) is 0 Å². The second kappa shape index (κ2) is 43.9. The molecule has 3 atom stereocenters. The smallest absolute Gasteiger partial charge is 0.268 e. The SMILES string of the molecule is CC/C=C\C/C=C\C/C=C\C/C=C\CCCCCCCCCCC(=O)NC(COP(=O)([O-])OCC[N+](C)(C)C)C(O)/C=C/CC/C=C/CC/C=C/CCCCCCCCCCC. The Balaban J connectivity index is 4.44. The molecule has 0 bridgehead atoms. The van der Waals surface area contributed by atoms with Gasteiger partial charge in [0, 0.05) is 6.42 Å². The number of amides is 1. The van der Waals surface area contributed by atoms with Gasteiger partial charge in [-0.3, -0.25) is 9.36 Å². The average Bonchev–Trinajstić information content (AvgIpc) is 3.23. The highest BCUT2D eigenvalue weighted by Crippen LogP contribution is 2.38. The highest BCUT2D eigenvalue weighted by atomic mass is 31.2. The molecule has 0 aliphatic rings. The van der Waals surface area contributed by atoms with Crippen molar-refractivity contribution in [1.82, 2.24) is 5.32 Å². The van der Waals surface area contributed by atoms with Crippen molar-refractivity contribution in [2.24, 2.45) is 0 Å². The Bertz CT molecular complexity index is 1280. The second-order valence-electron chi connectivity index (χ2n) is 17.8. The summed E-state index contributed by atoms with van der Waals surface area (Å²) in [7, 11) is 1.22. The Morgan fingerprint density at radius 1 is 0.581 bits per heavy atom. The maximum atomic E-state index is 12.9. The highest BCUT2D eigenvalue weighted by molar-refractivity contribution is 7.45. The van der Waals surface area contributed by atoms with E-state index in [4.69, 9.17) is 9.05 Å². The van der Waals surface area contributed by atoms with Crippen LogP contribution < -0.4 is 10.2 Å². The number of nitrogens with zero attached hydrogens (tertiary/aromatic N) is 1. The van der Waals surface area contributed by atoms with Gasteiger partial charge >= 0.3 is 0 Å². The summed E-state index contributed by atoms with van der Waals surface area (Å²) in [5.41, 5.74) is 0. The van der Waals surface area contributed by atoms with Gasteiger partial charge in [0.1, 0.15) is 13.2 Å². The Kier molecular flexibility index (Phi) is 42.3. The third-order valence-electron chi connectivity index (χ3n) is 10.6. The number of carbonyl (C=O) groups excluding carboxylic acids is 1. The predicted octanol–water partition coefficient (Wildman–Crippen LogP) is 13.9. The van der Waals surface area contributed by atoms with Gasteiger partial charge in [0.15, 0.2) is 0 Å². The summed E-state index contributed by atoms with van der Waals surface area (Å²) in [4.78, 5) is 25.4. The summed E-state index contributed by atoms with van der Waals surface area (Å²) in [6.07, 6.45) is 60.6. The third-order valence-corrected chi connectivity index (χ3v) is 11.5. The third kappa shape index (κ3) is 45.7. The Morgan fingerprint density at radius 2 is 1.00 bits per heavy atom. The number of aliphatic hydroxyl groups excluding tert-OH is 1. The van der Waals surface area contributed by atoms with E-state index in [1.54, 1.807) is 6.08 Å². The van der Waals surface area contributed by atoms with Gasteiger partial charge in [-0.25, -0.2) is 0 Å². The number of hydrogen-bond donors (Lipinski definition) is 2. The molecule has 0 fully saturated rings. The molecular formula is C53H95N2O6P. The van der Waals surface area contributed by atoms with E-state index in [0.717, 1.165) is 83.5 Å². The molecule has 0 spiro atoms. The van der Waals surface area contributed by atoms with Crippen molar-refractivity contribution in [3.05, 3.63) is 85.1 Å². The molecule has 2 N–H and O–H groups in total. The van der Waals surface area contributed by atoms with Crippen LogP contribution in [-0.2, 0) is 18.4 Å². The molecule has 0 aliphatic heterocycles. The normalized spacial score (nSPS) is 14.9. The van der Waals surface area contributed by atoms with E-state index < -0.39 is 26.6 Å². The minimum absolute atomic E-state index is 0.0149. The highest BCUT2D eigenvalue weighted by Gasteiger charge is 2.23. The molecule has 0 saturated heterocycles. The number of likely N-dealkylation sites (N-methyl/N-ethyl adjacent to an activating group) is 1. The van der Waals surface area contributed by atoms with Crippen molar-refractivity contribution in [3.63, 3.8) is 0 Å². The van der Waals surface area contributed by atoms with Crippen molar-refractivity contribution in [2.75, 3.05) is 40.9 Å². The van der Waals surface area contributed by atoms with E-state index >= 15 is 0 Å². The van der Waals surface area contributed by atoms with Crippen LogP contribution in [0.25, 0.3) is 0 Å². The minimum atomic E-state index is -4.61. The number of hydrogen-bond acceptors (Lipinski definition) is 6. The molecular weight excluding hydrogens is 792 g/mol. The Labute approximate surface area is 382 Å². The zero-order chi connectivity index (χ0) is 45.7. The molecule has 0 aromatic rings. The molecule has 0 rings (SSSR count). The molecule has 0 aliphatic carbocycles. The second-order valence-corrected chi connectivity index (χ2v) is 19.2. The quantitative estimate of drug-likeness (QED) is 0.0273. The van der Waals surface area contributed by atoms with Crippen molar-refractivity contribution in [2.45, 2.75) is 206 Å². The van der Waals surface area contributed by atoms with Gasteiger partial charge in [0.05, 0.1) is 39.9 Å². The molecule has 0 radical (unpaired) electrons. The van der Waals surface area contributed by atoms with E-state index in [2.05, 4.69) is 92.1 Å². The van der Waals surface area contributed by atoms with E-state index in [1.165, 1.54) is 89.9 Å².